The minimum absolute atomic E-state index is 0.224. The van der Waals surface area contributed by atoms with E-state index < -0.39 is 0 Å². The van der Waals surface area contributed by atoms with Gasteiger partial charge in [0, 0.05) is 32.2 Å². The second kappa shape index (κ2) is 6.36. The molecule has 0 spiro atoms. The number of nitrogens with zero attached hydrogens (tertiary/aromatic N) is 2. The van der Waals surface area contributed by atoms with Crippen LogP contribution in [0.2, 0.25) is 0 Å². The summed E-state index contributed by atoms with van der Waals surface area (Å²) in [6.45, 7) is 4.79. The van der Waals surface area contributed by atoms with Crippen LogP contribution in [0, 0.1) is 0 Å². The second-order valence-electron chi connectivity index (χ2n) is 5.48. The molecule has 2 aliphatic rings. The number of hydrogen-bond acceptors (Lipinski definition) is 3. The summed E-state index contributed by atoms with van der Waals surface area (Å²) in [5, 5.41) is 3.18. The maximum atomic E-state index is 11.9. The van der Waals surface area contributed by atoms with Crippen LogP contribution in [0.25, 0.3) is 0 Å². The topological polar surface area (TPSA) is 35.6 Å². The predicted molar refractivity (Wildman–Crippen MR) is 69.0 cm³/mol. The average Bonchev–Trinajstić information content (AvgIpc) is 2.33. The Bertz CT molecular complexity index is 243. The van der Waals surface area contributed by atoms with Crippen LogP contribution >= 0.6 is 0 Å². The quantitative estimate of drug-likeness (QED) is 0.787. The lowest BCUT2D eigenvalue weighted by Crippen LogP contribution is -2.49. The highest BCUT2D eigenvalue weighted by atomic mass is 16.2. The molecule has 0 bridgehead atoms. The molecule has 1 aliphatic carbocycles. The lowest BCUT2D eigenvalue weighted by molar-refractivity contribution is -0.123. The van der Waals surface area contributed by atoms with Crippen molar-refractivity contribution in [3.8, 4) is 0 Å². The van der Waals surface area contributed by atoms with Gasteiger partial charge >= 0.3 is 0 Å². The van der Waals surface area contributed by atoms with Gasteiger partial charge in [0.2, 0.25) is 5.91 Å². The van der Waals surface area contributed by atoms with E-state index in [0.717, 1.165) is 26.2 Å². The maximum absolute atomic E-state index is 11.9. The Kier molecular flexibility index (Phi) is 4.80. The standard InChI is InChI=1S/C13H25N3O/c1-15-7-9-16(10-8-15)11-13(17)14-12-5-3-2-4-6-12/h12H,2-11H2,1H3,(H,14,17). The highest BCUT2D eigenvalue weighted by Gasteiger charge is 2.19. The SMILES string of the molecule is CN1CCN(CC(=O)NC2CCCCC2)CC1. The van der Waals surface area contributed by atoms with Crippen LogP contribution in [0.1, 0.15) is 32.1 Å². The van der Waals surface area contributed by atoms with E-state index >= 15 is 0 Å². The number of amides is 1. The largest absolute Gasteiger partial charge is 0.352 e. The summed E-state index contributed by atoms with van der Waals surface area (Å²) in [6, 6.07) is 0.448. The molecule has 1 aliphatic heterocycles. The molecule has 0 atom stereocenters. The molecule has 0 unspecified atom stereocenters. The summed E-state index contributed by atoms with van der Waals surface area (Å²) < 4.78 is 0. The summed E-state index contributed by atoms with van der Waals surface area (Å²) in [7, 11) is 2.14. The molecule has 2 fully saturated rings. The Balaban J connectivity index is 1.66. The maximum Gasteiger partial charge on any atom is 0.234 e. The molecule has 1 N–H and O–H groups in total. The number of likely N-dealkylation sites (N-methyl/N-ethyl adjacent to an activating group) is 1. The zero-order valence-electron chi connectivity index (χ0n) is 11.0. The van der Waals surface area contributed by atoms with Crippen molar-refractivity contribution in [1.82, 2.24) is 15.1 Å². The normalized spacial score (nSPS) is 24.8. The minimum Gasteiger partial charge on any atom is -0.352 e. The van der Waals surface area contributed by atoms with Crippen LogP contribution in [-0.2, 0) is 4.79 Å². The third-order valence-electron chi connectivity index (χ3n) is 3.93. The Hall–Kier alpha value is -0.610. The van der Waals surface area contributed by atoms with Crippen molar-refractivity contribution in [2.24, 2.45) is 0 Å². The number of carbonyl (C=O) groups excluding carboxylic acids is 1. The minimum atomic E-state index is 0.224. The van der Waals surface area contributed by atoms with Gasteiger partial charge in [-0.15, -0.1) is 0 Å². The molecule has 1 saturated carbocycles. The fourth-order valence-electron chi connectivity index (χ4n) is 2.73. The van der Waals surface area contributed by atoms with Crippen molar-refractivity contribution in [2.45, 2.75) is 38.1 Å². The molecule has 4 nitrogen and oxygen atoms in total. The molecule has 1 amide bonds. The monoisotopic (exact) mass is 239 g/mol. The summed E-state index contributed by atoms with van der Waals surface area (Å²) in [5.74, 6) is 0.224. The van der Waals surface area contributed by atoms with Crippen LogP contribution < -0.4 is 5.32 Å². The molecule has 0 radical (unpaired) electrons. The lowest BCUT2D eigenvalue weighted by atomic mass is 9.95. The van der Waals surface area contributed by atoms with E-state index in [-0.39, 0.29) is 5.91 Å². The van der Waals surface area contributed by atoms with Crippen LogP contribution in [0.4, 0.5) is 0 Å². The van der Waals surface area contributed by atoms with E-state index in [4.69, 9.17) is 0 Å². The lowest BCUT2D eigenvalue weighted by Gasteiger charge is -2.32. The number of hydrogen-bond donors (Lipinski definition) is 1. The van der Waals surface area contributed by atoms with Crippen molar-refractivity contribution in [3.05, 3.63) is 0 Å². The van der Waals surface area contributed by atoms with Gasteiger partial charge < -0.3 is 10.2 Å². The summed E-state index contributed by atoms with van der Waals surface area (Å²) in [6.07, 6.45) is 6.24. The fraction of sp³-hybridized carbons (Fsp3) is 0.923. The Labute approximate surface area is 104 Å². The van der Waals surface area contributed by atoms with E-state index in [2.05, 4.69) is 22.2 Å². The van der Waals surface area contributed by atoms with Gasteiger partial charge in [-0.2, -0.15) is 0 Å². The summed E-state index contributed by atoms with van der Waals surface area (Å²) >= 11 is 0. The fourth-order valence-corrected chi connectivity index (χ4v) is 2.73. The molecular weight excluding hydrogens is 214 g/mol. The molecule has 1 heterocycles. The number of carbonyl (C=O) groups is 1. The number of nitrogens with one attached hydrogen (secondary N) is 1. The van der Waals surface area contributed by atoms with Crippen LogP contribution in [-0.4, -0.2) is 61.5 Å². The summed E-state index contributed by atoms with van der Waals surface area (Å²) in [4.78, 5) is 16.5. The first-order chi connectivity index (χ1) is 8.24. The highest BCUT2D eigenvalue weighted by molar-refractivity contribution is 5.78. The van der Waals surface area contributed by atoms with Gasteiger partial charge in [-0.3, -0.25) is 9.69 Å². The molecule has 0 aromatic heterocycles. The van der Waals surface area contributed by atoms with Gasteiger partial charge in [-0.25, -0.2) is 0 Å². The second-order valence-corrected chi connectivity index (χ2v) is 5.48. The first-order valence-corrected chi connectivity index (χ1v) is 6.94. The smallest absolute Gasteiger partial charge is 0.234 e. The van der Waals surface area contributed by atoms with E-state index in [1.54, 1.807) is 0 Å². The van der Waals surface area contributed by atoms with Crippen molar-refractivity contribution >= 4 is 5.91 Å². The highest BCUT2D eigenvalue weighted by Crippen LogP contribution is 2.17. The van der Waals surface area contributed by atoms with Gasteiger partial charge in [0.1, 0.15) is 0 Å². The summed E-state index contributed by atoms with van der Waals surface area (Å²) in [5.41, 5.74) is 0. The van der Waals surface area contributed by atoms with Gasteiger partial charge in [0.25, 0.3) is 0 Å². The van der Waals surface area contributed by atoms with E-state index in [1.165, 1.54) is 32.1 Å². The van der Waals surface area contributed by atoms with Crippen LogP contribution in [0.3, 0.4) is 0 Å². The Morgan fingerprint density at radius 2 is 1.76 bits per heavy atom. The van der Waals surface area contributed by atoms with Gasteiger partial charge in [-0.05, 0) is 19.9 Å². The Morgan fingerprint density at radius 3 is 2.41 bits per heavy atom. The van der Waals surface area contributed by atoms with Gasteiger partial charge in [-0.1, -0.05) is 19.3 Å². The van der Waals surface area contributed by atoms with Crippen LogP contribution in [0.5, 0.6) is 0 Å². The zero-order chi connectivity index (χ0) is 12.1. The van der Waals surface area contributed by atoms with Crippen molar-refractivity contribution in [3.63, 3.8) is 0 Å². The zero-order valence-corrected chi connectivity index (χ0v) is 11.0. The first-order valence-electron chi connectivity index (χ1n) is 6.94. The molecule has 0 aromatic rings. The Morgan fingerprint density at radius 1 is 1.12 bits per heavy atom. The molecular formula is C13H25N3O. The van der Waals surface area contributed by atoms with Crippen molar-refractivity contribution < 1.29 is 4.79 Å². The van der Waals surface area contributed by atoms with Crippen molar-refractivity contribution in [1.29, 1.82) is 0 Å². The van der Waals surface area contributed by atoms with E-state index in [9.17, 15) is 4.79 Å². The predicted octanol–water partition coefficient (Wildman–Crippen LogP) is 0.683. The third-order valence-corrected chi connectivity index (χ3v) is 3.93. The number of rotatable bonds is 3. The molecule has 17 heavy (non-hydrogen) atoms. The molecule has 1 saturated heterocycles. The molecule has 0 aromatic carbocycles. The van der Waals surface area contributed by atoms with Gasteiger partial charge in [0.05, 0.1) is 6.54 Å². The van der Waals surface area contributed by atoms with Gasteiger partial charge in [0.15, 0.2) is 0 Å². The number of piperazine rings is 1. The first kappa shape index (κ1) is 12.8. The third kappa shape index (κ3) is 4.28. The average molecular weight is 239 g/mol. The van der Waals surface area contributed by atoms with E-state index in [0.29, 0.717) is 12.6 Å². The molecule has 98 valence electrons. The van der Waals surface area contributed by atoms with Crippen LogP contribution in [0.15, 0.2) is 0 Å². The van der Waals surface area contributed by atoms with E-state index in [1.807, 2.05) is 0 Å². The molecule has 2 rings (SSSR count). The molecule has 4 heteroatoms. The van der Waals surface area contributed by atoms with Crippen molar-refractivity contribution in [2.75, 3.05) is 39.8 Å².